The van der Waals surface area contributed by atoms with Crippen molar-refractivity contribution >= 4 is 15.8 Å². The fourth-order valence-corrected chi connectivity index (χ4v) is 5.84. The monoisotopic (exact) mass is 442 g/mol. The molecule has 0 saturated carbocycles. The zero-order valence-electron chi connectivity index (χ0n) is 19.3. The fraction of sp³-hybridized carbons (Fsp3) is 0.480. The van der Waals surface area contributed by atoms with Crippen molar-refractivity contribution in [1.82, 2.24) is 9.62 Å². The summed E-state index contributed by atoms with van der Waals surface area (Å²) in [6.07, 6.45) is 2.05. The van der Waals surface area contributed by atoms with Crippen molar-refractivity contribution in [2.45, 2.75) is 58.9 Å². The van der Waals surface area contributed by atoms with Crippen LogP contribution < -0.4 is 4.72 Å². The molecule has 0 amide bonds. The summed E-state index contributed by atoms with van der Waals surface area (Å²) in [6, 6.07) is 9.05. The summed E-state index contributed by atoms with van der Waals surface area (Å²) in [7, 11) is -3.49. The van der Waals surface area contributed by atoms with Crippen molar-refractivity contribution in [3.05, 3.63) is 63.7 Å². The second-order valence-corrected chi connectivity index (χ2v) is 10.7. The van der Waals surface area contributed by atoms with Crippen LogP contribution in [0.15, 0.2) is 35.2 Å². The van der Waals surface area contributed by atoms with Gasteiger partial charge in [0.05, 0.1) is 4.90 Å². The zero-order valence-corrected chi connectivity index (χ0v) is 20.1. The molecule has 5 nitrogen and oxygen atoms in total. The van der Waals surface area contributed by atoms with Gasteiger partial charge in [-0.15, -0.1) is 0 Å². The van der Waals surface area contributed by atoms with Crippen molar-refractivity contribution in [1.29, 1.82) is 0 Å². The van der Waals surface area contributed by atoms with Crippen LogP contribution in [0.1, 0.15) is 57.9 Å². The van der Waals surface area contributed by atoms with E-state index in [9.17, 15) is 13.2 Å². The normalized spacial score (nSPS) is 17.6. The smallest absolute Gasteiger partial charge is 0.240 e. The number of nitrogens with zero attached hydrogens (tertiary/aromatic N) is 1. The molecule has 0 bridgehead atoms. The molecule has 0 aliphatic carbocycles. The number of hydrogen-bond acceptors (Lipinski definition) is 4. The zero-order chi connectivity index (χ0) is 22.8. The number of aryl methyl sites for hydroxylation is 3. The fourth-order valence-electron chi connectivity index (χ4n) is 4.72. The second-order valence-electron chi connectivity index (χ2n) is 8.95. The summed E-state index contributed by atoms with van der Waals surface area (Å²) in [5.74, 6) is 0.380. The third kappa shape index (κ3) is 5.62. The first kappa shape index (κ1) is 23.6. The van der Waals surface area contributed by atoms with E-state index in [1.54, 1.807) is 19.1 Å². The standard InChI is InChI=1S/C25H34N2O3S/c1-17-8-10-23(11-9-17)31(29,30)26-14-22-7-6-12-27(15-22)16-24-18(2)13-19(3)25(20(24)4)21(5)28/h8-11,13,22,26H,6-7,12,14-16H2,1-5H3/t22-/m0/s1. The SMILES string of the molecule is CC(=O)c1c(C)cc(C)c(CN2CCC[C@@H](CNS(=O)(=O)c3ccc(C)cc3)C2)c1C. The molecular weight excluding hydrogens is 408 g/mol. The van der Waals surface area contributed by atoms with Crippen molar-refractivity contribution in [3.8, 4) is 0 Å². The molecule has 31 heavy (non-hydrogen) atoms. The molecule has 1 fully saturated rings. The van der Waals surface area contributed by atoms with Gasteiger partial charge < -0.3 is 0 Å². The number of sulfonamides is 1. The topological polar surface area (TPSA) is 66.5 Å². The lowest BCUT2D eigenvalue weighted by atomic mass is 9.90. The Bertz CT molecular complexity index is 1060. The summed E-state index contributed by atoms with van der Waals surface area (Å²) in [5.41, 5.74) is 6.41. The molecule has 1 aliphatic rings. The molecule has 3 rings (SSSR count). The number of likely N-dealkylation sites (tertiary alicyclic amines) is 1. The molecule has 1 atom stereocenters. The van der Waals surface area contributed by atoms with Gasteiger partial charge in [0.1, 0.15) is 0 Å². The van der Waals surface area contributed by atoms with Crippen molar-refractivity contribution in [2.24, 2.45) is 5.92 Å². The maximum atomic E-state index is 12.6. The number of ketones is 1. The summed E-state index contributed by atoms with van der Waals surface area (Å²) in [5, 5.41) is 0. The third-order valence-corrected chi connectivity index (χ3v) is 7.80. The summed E-state index contributed by atoms with van der Waals surface area (Å²) in [6.45, 7) is 12.8. The molecule has 1 heterocycles. The van der Waals surface area contributed by atoms with E-state index in [0.717, 1.165) is 54.7 Å². The first-order valence-corrected chi connectivity index (χ1v) is 12.5. The van der Waals surface area contributed by atoms with Crippen LogP contribution >= 0.6 is 0 Å². The van der Waals surface area contributed by atoms with E-state index in [0.29, 0.717) is 11.4 Å². The summed E-state index contributed by atoms with van der Waals surface area (Å²) < 4.78 is 28.1. The Balaban J connectivity index is 1.67. The number of hydrogen-bond donors (Lipinski definition) is 1. The van der Waals surface area contributed by atoms with Crippen molar-refractivity contribution in [3.63, 3.8) is 0 Å². The number of rotatable bonds is 7. The van der Waals surface area contributed by atoms with Crippen LogP contribution in [-0.2, 0) is 16.6 Å². The van der Waals surface area contributed by atoms with E-state index >= 15 is 0 Å². The first-order valence-electron chi connectivity index (χ1n) is 11.0. The van der Waals surface area contributed by atoms with E-state index in [1.165, 1.54) is 11.1 Å². The van der Waals surface area contributed by atoms with Crippen LogP contribution in [0.5, 0.6) is 0 Å². The first-order chi connectivity index (χ1) is 14.6. The number of carbonyl (C=O) groups excluding carboxylic acids is 1. The predicted octanol–water partition coefficient (Wildman–Crippen LogP) is 4.31. The Hall–Kier alpha value is -2.02. The van der Waals surface area contributed by atoms with E-state index in [-0.39, 0.29) is 11.7 Å². The van der Waals surface area contributed by atoms with Gasteiger partial charge in [-0.25, -0.2) is 13.1 Å². The minimum absolute atomic E-state index is 0.110. The largest absolute Gasteiger partial charge is 0.299 e. The summed E-state index contributed by atoms with van der Waals surface area (Å²) in [4.78, 5) is 14.8. The van der Waals surface area contributed by atoms with Gasteiger partial charge in [0.15, 0.2) is 5.78 Å². The van der Waals surface area contributed by atoms with Crippen LogP contribution in [0.25, 0.3) is 0 Å². The molecular formula is C25H34N2O3S. The molecule has 0 radical (unpaired) electrons. The molecule has 2 aromatic carbocycles. The lowest BCUT2D eigenvalue weighted by Gasteiger charge is -2.34. The highest BCUT2D eigenvalue weighted by Crippen LogP contribution is 2.26. The minimum atomic E-state index is -3.49. The van der Waals surface area contributed by atoms with Gasteiger partial charge >= 0.3 is 0 Å². The second kappa shape index (κ2) is 9.63. The maximum Gasteiger partial charge on any atom is 0.240 e. The molecule has 0 aromatic heterocycles. The molecule has 2 aromatic rings. The predicted molar refractivity (Wildman–Crippen MR) is 125 cm³/mol. The molecule has 1 N–H and O–H groups in total. The average molecular weight is 443 g/mol. The van der Waals surface area contributed by atoms with E-state index in [4.69, 9.17) is 0 Å². The Morgan fingerprint density at radius 2 is 1.77 bits per heavy atom. The molecule has 0 unspecified atom stereocenters. The van der Waals surface area contributed by atoms with Crippen LogP contribution in [0, 0.1) is 33.6 Å². The lowest BCUT2D eigenvalue weighted by Crippen LogP contribution is -2.40. The highest BCUT2D eigenvalue weighted by atomic mass is 32.2. The lowest BCUT2D eigenvalue weighted by molar-refractivity contribution is 0.101. The van der Waals surface area contributed by atoms with Gasteiger partial charge in [-0.3, -0.25) is 9.69 Å². The number of carbonyl (C=O) groups is 1. The highest BCUT2D eigenvalue weighted by molar-refractivity contribution is 7.89. The Morgan fingerprint density at radius 1 is 1.10 bits per heavy atom. The van der Waals surface area contributed by atoms with Crippen LogP contribution in [-0.4, -0.2) is 38.7 Å². The molecule has 1 aliphatic heterocycles. The minimum Gasteiger partial charge on any atom is -0.299 e. The molecule has 168 valence electrons. The Kier molecular flexibility index (Phi) is 7.35. The third-order valence-electron chi connectivity index (χ3n) is 6.36. The van der Waals surface area contributed by atoms with Crippen molar-refractivity contribution < 1.29 is 13.2 Å². The van der Waals surface area contributed by atoms with Gasteiger partial charge in [-0.2, -0.15) is 0 Å². The van der Waals surface area contributed by atoms with E-state index in [1.807, 2.05) is 32.9 Å². The maximum absolute atomic E-state index is 12.6. The average Bonchev–Trinajstić information content (AvgIpc) is 2.70. The van der Waals surface area contributed by atoms with Crippen LogP contribution in [0.2, 0.25) is 0 Å². The number of benzene rings is 2. The van der Waals surface area contributed by atoms with Crippen LogP contribution in [0.3, 0.4) is 0 Å². The van der Waals surface area contributed by atoms with Crippen LogP contribution in [0.4, 0.5) is 0 Å². The molecule has 6 heteroatoms. The van der Waals surface area contributed by atoms with Crippen molar-refractivity contribution in [2.75, 3.05) is 19.6 Å². The molecule has 1 saturated heterocycles. The van der Waals surface area contributed by atoms with Gasteiger partial charge in [-0.1, -0.05) is 23.8 Å². The number of piperidine rings is 1. The molecule has 0 spiro atoms. The highest BCUT2D eigenvalue weighted by Gasteiger charge is 2.24. The van der Waals surface area contributed by atoms with Gasteiger partial charge in [0, 0.05) is 25.2 Å². The van der Waals surface area contributed by atoms with Gasteiger partial charge in [0.2, 0.25) is 10.0 Å². The van der Waals surface area contributed by atoms with Gasteiger partial charge in [0.25, 0.3) is 0 Å². The Morgan fingerprint density at radius 3 is 2.42 bits per heavy atom. The summed E-state index contributed by atoms with van der Waals surface area (Å²) >= 11 is 0. The quantitative estimate of drug-likeness (QED) is 0.649. The van der Waals surface area contributed by atoms with E-state index < -0.39 is 10.0 Å². The Labute approximate surface area is 186 Å². The number of Topliss-reactive ketones (excluding diaryl/α,β-unsaturated/α-hetero) is 1. The van der Waals surface area contributed by atoms with Gasteiger partial charge in [-0.05, 0) is 94.3 Å². The number of nitrogens with one attached hydrogen (secondary N) is 1. The van der Waals surface area contributed by atoms with E-state index in [2.05, 4.69) is 22.6 Å².